The lowest BCUT2D eigenvalue weighted by molar-refractivity contribution is -0.149. The molecule has 0 aromatic heterocycles. The van der Waals surface area contributed by atoms with E-state index in [1.165, 1.54) is 6.42 Å². The van der Waals surface area contributed by atoms with Crippen molar-refractivity contribution < 1.29 is 14.7 Å². The summed E-state index contributed by atoms with van der Waals surface area (Å²) in [7, 11) is 0. The SMILES string of the molecule is CCC1(C(=O)N2CCC[C@@H](CCC(=O)O)C2)CCC1. The molecule has 1 saturated carbocycles. The second kappa shape index (κ2) is 5.93. The average molecular weight is 267 g/mol. The van der Waals surface area contributed by atoms with Crippen molar-refractivity contribution in [2.75, 3.05) is 13.1 Å². The van der Waals surface area contributed by atoms with Crippen LogP contribution in [0, 0.1) is 11.3 Å². The number of rotatable bonds is 5. The Hall–Kier alpha value is -1.06. The Labute approximate surface area is 115 Å². The van der Waals surface area contributed by atoms with Gasteiger partial charge >= 0.3 is 5.97 Å². The Morgan fingerprint density at radius 2 is 2.05 bits per heavy atom. The second-order valence-electron chi connectivity index (χ2n) is 6.18. The van der Waals surface area contributed by atoms with E-state index in [1.54, 1.807) is 0 Å². The van der Waals surface area contributed by atoms with Gasteiger partial charge in [-0.3, -0.25) is 9.59 Å². The Kier molecular flexibility index (Phi) is 4.48. The third-order valence-corrected chi connectivity index (χ3v) is 5.01. The summed E-state index contributed by atoms with van der Waals surface area (Å²) in [5, 5.41) is 8.75. The number of carbonyl (C=O) groups excluding carboxylic acids is 1. The molecule has 108 valence electrons. The summed E-state index contributed by atoms with van der Waals surface area (Å²) in [6, 6.07) is 0. The molecule has 0 radical (unpaired) electrons. The molecule has 1 atom stereocenters. The van der Waals surface area contributed by atoms with Crippen LogP contribution >= 0.6 is 0 Å². The molecule has 1 aliphatic heterocycles. The molecule has 0 aromatic rings. The van der Waals surface area contributed by atoms with Crippen molar-refractivity contribution >= 4 is 11.9 Å². The molecule has 2 rings (SSSR count). The van der Waals surface area contributed by atoms with Crippen molar-refractivity contribution in [3.63, 3.8) is 0 Å². The first-order valence-electron chi connectivity index (χ1n) is 7.58. The molecule has 4 heteroatoms. The molecule has 0 bridgehead atoms. The minimum absolute atomic E-state index is 0.0747. The van der Waals surface area contributed by atoms with E-state index >= 15 is 0 Å². The summed E-state index contributed by atoms with van der Waals surface area (Å²) in [6.45, 7) is 3.75. The second-order valence-corrected chi connectivity index (χ2v) is 6.18. The van der Waals surface area contributed by atoms with Crippen LogP contribution in [0.25, 0.3) is 0 Å². The maximum absolute atomic E-state index is 12.6. The van der Waals surface area contributed by atoms with Gasteiger partial charge < -0.3 is 10.0 Å². The number of aliphatic carboxylic acids is 1. The van der Waals surface area contributed by atoms with Gasteiger partial charge in [0.15, 0.2) is 0 Å². The normalized spacial score (nSPS) is 25.7. The van der Waals surface area contributed by atoms with Crippen molar-refractivity contribution in [2.45, 2.75) is 58.3 Å². The van der Waals surface area contributed by atoms with Gasteiger partial charge in [-0.2, -0.15) is 0 Å². The largest absolute Gasteiger partial charge is 0.481 e. The highest BCUT2D eigenvalue weighted by atomic mass is 16.4. The fourth-order valence-electron chi connectivity index (χ4n) is 3.47. The van der Waals surface area contributed by atoms with Crippen molar-refractivity contribution in [2.24, 2.45) is 11.3 Å². The number of carbonyl (C=O) groups is 2. The highest BCUT2D eigenvalue weighted by Gasteiger charge is 2.45. The zero-order valence-electron chi connectivity index (χ0n) is 11.9. The number of carboxylic acid groups (broad SMARTS) is 1. The molecule has 1 saturated heterocycles. The quantitative estimate of drug-likeness (QED) is 0.833. The number of amides is 1. The van der Waals surface area contributed by atoms with E-state index in [0.29, 0.717) is 18.2 Å². The van der Waals surface area contributed by atoms with Gasteiger partial charge in [-0.1, -0.05) is 13.3 Å². The number of piperidine rings is 1. The third-order valence-electron chi connectivity index (χ3n) is 5.01. The first-order valence-corrected chi connectivity index (χ1v) is 7.58. The summed E-state index contributed by atoms with van der Waals surface area (Å²) >= 11 is 0. The summed E-state index contributed by atoms with van der Waals surface area (Å²) < 4.78 is 0. The van der Waals surface area contributed by atoms with E-state index in [4.69, 9.17) is 5.11 Å². The Balaban J connectivity index is 1.89. The Morgan fingerprint density at radius 1 is 1.32 bits per heavy atom. The van der Waals surface area contributed by atoms with Crippen molar-refractivity contribution in [1.29, 1.82) is 0 Å². The molecule has 0 unspecified atom stereocenters. The van der Waals surface area contributed by atoms with E-state index in [2.05, 4.69) is 6.92 Å². The molecule has 19 heavy (non-hydrogen) atoms. The van der Waals surface area contributed by atoms with Gasteiger partial charge in [0.1, 0.15) is 0 Å². The molecule has 0 spiro atoms. The monoisotopic (exact) mass is 267 g/mol. The summed E-state index contributed by atoms with van der Waals surface area (Å²) in [5.41, 5.74) is -0.0747. The first-order chi connectivity index (χ1) is 9.07. The van der Waals surface area contributed by atoms with Crippen LogP contribution < -0.4 is 0 Å². The van der Waals surface area contributed by atoms with Crippen LogP contribution in [0.4, 0.5) is 0 Å². The van der Waals surface area contributed by atoms with Crippen LogP contribution in [0.15, 0.2) is 0 Å². The molecule has 1 aliphatic carbocycles. The van der Waals surface area contributed by atoms with Gasteiger partial charge in [0.25, 0.3) is 0 Å². The smallest absolute Gasteiger partial charge is 0.303 e. The molecular formula is C15H25NO3. The minimum Gasteiger partial charge on any atom is -0.481 e. The molecule has 4 nitrogen and oxygen atoms in total. The van der Waals surface area contributed by atoms with Crippen LogP contribution in [0.5, 0.6) is 0 Å². The highest BCUT2D eigenvalue weighted by Crippen LogP contribution is 2.45. The predicted molar refractivity (Wildman–Crippen MR) is 72.7 cm³/mol. The Morgan fingerprint density at radius 3 is 2.58 bits per heavy atom. The Bertz CT molecular complexity index is 344. The molecule has 2 aliphatic rings. The summed E-state index contributed by atoms with van der Waals surface area (Å²) in [6.07, 6.45) is 7.23. The van der Waals surface area contributed by atoms with Crippen molar-refractivity contribution in [1.82, 2.24) is 4.90 Å². The number of hydrogen-bond acceptors (Lipinski definition) is 2. The summed E-state index contributed by atoms with van der Waals surface area (Å²) in [4.78, 5) is 25.3. The zero-order valence-corrected chi connectivity index (χ0v) is 11.9. The van der Waals surface area contributed by atoms with Crippen LogP contribution in [-0.2, 0) is 9.59 Å². The van der Waals surface area contributed by atoms with E-state index in [1.807, 2.05) is 4.90 Å². The predicted octanol–water partition coefficient (Wildman–Crippen LogP) is 2.67. The molecule has 0 aromatic carbocycles. The molecule has 1 N–H and O–H groups in total. The van der Waals surface area contributed by atoms with Crippen LogP contribution in [-0.4, -0.2) is 35.0 Å². The van der Waals surface area contributed by atoms with Crippen molar-refractivity contribution in [3.8, 4) is 0 Å². The number of carboxylic acids is 1. The lowest BCUT2D eigenvalue weighted by Crippen LogP contribution is -2.50. The van der Waals surface area contributed by atoms with E-state index in [9.17, 15) is 9.59 Å². The van der Waals surface area contributed by atoms with Gasteiger partial charge in [-0.15, -0.1) is 0 Å². The maximum atomic E-state index is 12.6. The van der Waals surface area contributed by atoms with Crippen LogP contribution in [0.2, 0.25) is 0 Å². The minimum atomic E-state index is -0.729. The molecule has 1 heterocycles. The van der Waals surface area contributed by atoms with Crippen LogP contribution in [0.3, 0.4) is 0 Å². The van der Waals surface area contributed by atoms with E-state index in [-0.39, 0.29) is 11.8 Å². The molecular weight excluding hydrogens is 242 g/mol. The number of likely N-dealkylation sites (tertiary alicyclic amines) is 1. The zero-order chi connectivity index (χ0) is 13.9. The number of hydrogen-bond donors (Lipinski definition) is 1. The van der Waals surface area contributed by atoms with Gasteiger partial charge in [0.05, 0.1) is 0 Å². The van der Waals surface area contributed by atoms with Crippen molar-refractivity contribution in [3.05, 3.63) is 0 Å². The third kappa shape index (κ3) is 3.10. The first kappa shape index (κ1) is 14.4. The lowest BCUT2D eigenvalue weighted by atomic mass is 9.66. The van der Waals surface area contributed by atoms with Gasteiger partial charge in [-0.25, -0.2) is 0 Å². The number of nitrogens with zero attached hydrogens (tertiary/aromatic N) is 1. The maximum Gasteiger partial charge on any atom is 0.303 e. The van der Waals surface area contributed by atoms with Gasteiger partial charge in [0, 0.05) is 24.9 Å². The van der Waals surface area contributed by atoms with Gasteiger partial charge in [0.2, 0.25) is 5.91 Å². The summed E-state index contributed by atoms with van der Waals surface area (Å²) in [5.74, 6) is -0.0171. The van der Waals surface area contributed by atoms with Gasteiger partial charge in [-0.05, 0) is 44.4 Å². The average Bonchev–Trinajstić information content (AvgIpc) is 2.36. The topological polar surface area (TPSA) is 57.6 Å². The standard InChI is InChI=1S/C15H25NO3/c1-2-15(8-4-9-15)14(19)16-10-3-5-12(11-16)6-7-13(17)18/h12H,2-11H2,1H3,(H,17,18)/t12-/m0/s1. The molecule has 2 fully saturated rings. The van der Waals surface area contributed by atoms with E-state index in [0.717, 1.165) is 45.2 Å². The fourth-order valence-corrected chi connectivity index (χ4v) is 3.47. The molecule has 1 amide bonds. The highest BCUT2D eigenvalue weighted by molar-refractivity contribution is 5.83. The van der Waals surface area contributed by atoms with E-state index < -0.39 is 5.97 Å². The fraction of sp³-hybridized carbons (Fsp3) is 0.867. The lowest BCUT2D eigenvalue weighted by Gasteiger charge is -2.45. The van der Waals surface area contributed by atoms with Crippen LogP contribution in [0.1, 0.15) is 58.3 Å².